The molecule has 57 heavy (non-hydrogen) atoms. The molecule has 1 aromatic carbocycles. The van der Waals surface area contributed by atoms with E-state index < -0.39 is 133 Å². The van der Waals surface area contributed by atoms with E-state index in [9.17, 15) is 43.5 Å². The first-order valence-electron chi connectivity index (χ1n) is 17.5. The zero-order valence-electron chi connectivity index (χ0n) is 32.5. The van der Waals surface area contributed by atoms with Gasteiger partial charge in [0.2, 0.25) is 5.91 Å². The van der Waals surface area contributed by atoms with E-state index in [4.69, 9.17) is 47.4 Å². The monoisotopic (exact) mass is 829 g/mol. The highest BCUT2D eigenvalue weighted by molar-refractivity contribution is 7.99. The standard InChI is InChI=1S/C36H47NO19S/c1-17(38)37-28-25(50-20(4)41)14-36(35(46)47-8,55-32(28)30(52-22(6)43)26(51-21(5)42)15-48-18(2)39)56-33-29(45)34(57-24-12-10-9-11-13-24)54-27(16-49-19(3)40)31(33)53-23(7)44/h9-13,25-34,45H,14-16H2,1-8H3,(H,37,38)/t25-,26+,27+,28+,29+,30+,31-,32+,33+,34-,36-/m0/s1. The van der Waals surface area contributed by atoms with Gasteiger partial charge in [0.15, 0.2) is 18.3 Å². The van der Waals surface area contributed by atoms with Crippen LogP contribution in [0.25, 0.3) is 0 Å². The number of thioether (sulfide) groups is 1. The van der Waals surface area contributed by atoms with E-state index in [1.165, 1.54) is 0 Å². The summed E-state index contributed by atoms with van der Waals surface area (Å²) >= 11 is 1.00. The van der Waals surface area contributed by atoms with Crippen LogP contribution < -0.4 is 5.32 Å². The molecule has 0 aromatic heterocycles. The van der Waals surface area contributed by atoms with Crippen LogP contribution in [0.2, 0.25) is 0 Å². The fraction of sp³-hybridized carbons (Fsp3) is 0.611. The Morgan fingerprint density at radius 2 is 1.44 bits per heavy atom. The van der Waals surface area contributed by atoms with Gasteiger partial charge in [0.1, 0.15) is 49.2 Å². The van der Waals surface area contributed by atoms with Crippen LogP contribution in [0.1, 0.15) is 54.9 Å². The van der Waals surface area contributed by atoms with Crippen molar-refractivity contribution >= 4 is 59.5 Å². The van der Waals surface area contributed by atoms with Gasteiger partial charge < -0.3 is 57.8 Å². The molecule has 316 valence electrons. The highest BCUT2D eigenvalue weighted by atomic mass is 32.2. The van der Waals surface area contributed by atoms with Crippen molar-refractivity contribution in [2.45, 2.75) is 126 Å². The number of hydrogen-bond acceptors (Lipinski definition) is 20. The third kappa shape index (κ3) is 13.4. The van der Waals surface area contributed by atoms with Crippen LogP contribution in [-0.2, 0) is 85.7 Å². The second-order valence-electron chi connectivity index (χ2n) is 12.9. The zero-order valence-corrected chi connectivity index (χ0v) is 33.3. The zero-order chi connectivity index (χ0) is 42.6. The van der Waals surface area contributed by atoms with Crippen LogP contribution in [0.3, 0.4) is 0 Å². The van der Waals surface area contributed by atoms with Gasteiger partial charge in [-0.3, -0.25) is 33.6 Å². The second-order valence-corrected chi connectivity index (χ2v) is 14.0. The largest absolute Gasteiger partial charge is 0.465 e. The number of rotatable bonds is 16. The molecule has 0 radical (unpaired) electrons. The van der Waals surface area contributed by atoms with Crippen LogP contribution in [0.15, 0.2) is 35.2 Å². The quantitative estimate of drug-likeness (QED) is 0.167. The molecule has 0 aliphatic carbocycles. The maximum absolute atomic E-state index is 14.1. The van der Waals surface area contributed by atoms with E-state index >= 15 is 0 Å². The lowest BCUT2D eigenvalue weighted by molar-refractivity contribution is -0.351. The topological polar surface area (TPSA) is 261 Å². The Morgan fingerprint density at radius 3 is 1.96 bits per heavy atom. The van der Waals surface area contributed by atoms with Crippen LogP contribution in [-0.4, -0.2) is 139 Å². The molecule has 2 aliphatic heterocycles. The molecule has 2 N–H and O–H groups in total. The van der Waals surface area contributed by atoms with Gasteiger partial charge in [-0.1, -0.05) is 30.0 Å². The molecule has 1 amide bonds. The number of aliphatic hydroxyl groups excluding tert-OH is 1. The van der Waals surface area contributed by atoms with Crippen molar-refractivity contribution in [1.82, 2.24) is 5.32 Å². The number of carbonyl (C=O) groups excluding carboxylic acids is 8. The molecule has 0 spiro atoms. The summed E-state index contributed by atoms with van der Waals surface area (Å²) in [6, 6.07) is 7.08. The summed E-state index contributed by atoms with van der Waals surface area (Å²) < 4.78 is 56.5. The van der Waals surface area contributed by atoms with E-state index in [0.717, 1.165) is 67.3 Å². The Balaban J connectivity index is 2.31. The first kappa shape index (κ1) is 46.6. The fourth-order valence-corrected chi connectivity index (χ4v) is 7.24. The molecule has 1 aromatic rings. The summed E-state index contributed by atoms with van der Waals surface area (Å²) in [4.78, 5) is 101. The number of ether oxygens (including phenoxy) is 10. The van der Waals surface area contributed by atoms with Crippen molar-refractivity contribution in [3.8, 4) is 0 Å². The molecule has 2 fully saturated rings. The predicted molar refractivity (Wildman–Crippen MR) is 189 cm³/mol. The number of nitrogens with one attached hydrogen (secondary N) is 1. The molecule has 3 rings (SSSR count). The van der Waals surface area contributed by atoms with Gasteiger partial charge >= 0.3 is 41.8 Å². The Morgan fingerprint density at radius 1 is 0.825 bits per heavy atom. The predicted octanol–water partition coefficient (Wildman–Crippen LogP) is 0.266. The molecule has 0 saturated carbocycles. The van der Waals surface area contributed by atoms with Crippen LogP contribution in [0.5, 0.6) is 0 Å². The number of aliphatic hydroxyl groups is 1. The van der Waals surface area contributed by atoms with Crippen LogP contribution in [0.4, 0.5) is 0 Å². The van der Waals surface area contributed by atoms with Gasteiger partial charge in [-0.25, -0.2) is 4.79 Å². The summed E-state index contributed by atoms with van der Waals surface area (Å²) in [5, 5.41) is 14.5. The molecule has 2 saturated heterocycles. The minimum atomic E-state index is -2.82. The lowest BCUT2D eigenvalue weighted by atomic mass is 9.87. The molecule has 2 aliphatic rings. The van der Waals surface area contributed by atoms with Crippen molar-refractivity contribution in [3.63, 3.8) is 0 Å². The maximum Gasteiger partial charge on any atom is 0.366 e. The average Bonchev–Trinajstić information content (AvgIpc) is 3.11. The minimum absolute atomic E-state index is 0.532. The maximum atomic E-state index is 14.1. The normalized spacial score (nSPS) is 27.9. The lowest BCUT2D eigenvalue weighted by Gasteiger charge is -2.51. The Kier molecular flexibility index (Phi) is 17.2. The summed E-state index contributed by atoms with van der Waals surface area (Å²) in [6.07, 6.45) is -14.4. The number of amides is 1. The number of hydrogen-bond donors (Lipinski definition) is 2. The van der Waals surface area contributed by atoms with E-state index in [1.807, 2.05) is 0 Å². The molecule has 0 unspecified atom stereocenters. The summed E-state index contributed by atoms with van der Waals surface area (Å²) in [5.74, 6) is -10.2. The minimum Gasteiger partial charge on any atom is -0.465 e. The molecule has 20 nitrogen and oxygen atoms in total. The van der Waals surface area contributed by atoms with E-state index in [1.54, 1.807) is 30.3 Å². The average molecular weight is 830 g/mol. The number of methoxy groups -OCH3 is 1. The molecule has 21 heteroatoms. The highest BCUT2D eigenvalue weighted by Crippen LogP contribution is 2.42. The molecule has 2 heterocycles. The first-order valence-corrected chi connectivity index (χ1v) is 18.4. The van der Waals surface area contributed by atoms with E-state index in [0.29, 0.717) is 4.90 Å². The highest BCUT2D eigenvalue weighted by Gasteiger charge is 2.62. The first-order chi connectivity index (χ1) is 26.8. The summed E-state index contributed by atoms with van der Waals surface area (Å²) in [5.41, 5.74) is -1.26. The molecule has 0 bridgehead atoms. The van der Waals surface area contributed by atoms with Crippen molar-refractivity contribution in [2.75, 3.05) is 20.3 Å². The van der Waals surface area contributed by atoms with Gasteiger partial charge in [-0.2, -0.15) is 0 Å². The van der Waals surface area contributed by atoms with Crippen molar-refractivity contribution < 1.29 is 90.8 Å². The van der Waals surface area contributed by atoms with Crippen LogP contribution in [0, 0.1) is 0 Å². The van der Waals surface area contributed by atoms with E-state index in [-0.39, 0.29) is 0 Å². The van der Waals surface area contributed by atoms with Gasteiger partial charge in [0.05, 0.1) is 19.6 Å². The lowest BCUT2D eigenvalue weighted by Crippen LogP contribution is -2.71. The van der Waals surface area contributed by atoms with Gasteiger partial charge in [0, 0.05) is 53.4 Å². The number of carbonyl (C=O) groups is 8. The second kappa shape index (κ2) is 21.1. The smallest absolute Gasteiger partial charge is 0.366 e. The summed E-state index contributed by atoms with van der Waals surface area (Å²) in [7, 11) is 0.944. The number of esters is 7. The third-order valence-corrected chi connectivity index (χ3v) is 9.35. The van der Waals surface area contributed by atoms with Gasteiger partial charge in [0.25, 0.3) is 5.79 Å². The van der Waals surface area contributed by atoms with Crippen molar-refractivity contribution in [1.29, 1.82) is 0 Å². The van der Waals surface area contributed by atoms with Gasteiger partial charge in [-0.15, -0.1) is 0 Å². The van der Waals surface area contributed by atoms with Crippen LogP contribution >= 0.6 is 11.8 Å². The Hall–Kier alpha value is -4.83. The van der Waals surface area contributed by atoms with Crippen molar-refractivity contribution in [2.24, 2.45) is 0 Å². The molecular formula is C36H47NO19S. The third-order valence-electron chi connectivity index (χ3n) is 8.18. The fourth-order valence-electron chi connectivity index (χ4n) is 6.17. The molecule has 11 atom stereocenters. The van der Waals surface area contributed by atoms with Gasteiger partial charge in [-0.05, 0) is 12.1 Å². The Bertz CT molecular complexity index is 1630. The summed E-state index contributed by atoms with van der Waals surface area (Å²) in [6.45, 7) is 6.03. The van der Waals surface area contributed by atoms with E-state index in [2.05, 4.69) is 5.32 Å². The Labute approximate surface area is 331 Å². The molecular weight excluding hydrogens is 782 g/mol. The SMILES string of the molecule is COC(=O)[C@@]1(O[C@@H]2[C@@H](O)[C@H](Sc3ccccc3)O[C@H](COC(C)=O)[C@@H]2OC(C)=O)C[C@H](OC(C)=O)[C@@H](NC(C)=O)[C@H]([C@H](OC(C)=O)[C@@H](COC(C)=O)OC(C)=O)O1. The number of benzene rings is 1. The van der Waals surface area contributed by atoms with Crippen molar-refractivity contribution in [3.05, 3.63) is 30.3 Å².